The Hall–Kier alpha value is -2.84. The second kappa shape index (κ2) is 5.27. The van der Waals surface area contributed by atoms with Gasteiger partial charge in [-0.25, -0.2) is 22.5 Å². The van der Waals surface area contributed by atoms with Gasteiger partial charge in [0.15, 0.2) is 23.3 Å². The summed E-state index contributed by atoms with van der Waals surface area (Å²) in [6, 6.07) is 1.16. The average molecular weight is 300 g/mol. The first-order valence-corrected chi connectivity index (χ1v) is 5.46. The predicted octanol–water partition coefficient (Wildman–Crippen LogP) is 2.06. The molecule has 1 amide bonds. The molecular weight excluding hydrogens is 292 g/mol. The summed E-state index contributed by atoms with van der Waals surface area (Å²) in [6.45, 7) is 0. The van der Waals surface area contributed by atoms with E-state index in [-0.39, 0.29) is 23.1 Å². The number of nitrogens with zero attached hydrogens (tertiary/aromatic N) is 1. The number of hydrogen-bond donors (Lipinski definition) is 3. The summed E-state index contributed by atoms with van der Waals surface area (Å²) in [6.07, 6.45) is 1.07. The number of rotatable bonds is 3. The molecule has 0 spiro atoms. The van der Waals surface area contributed by atoms with Gasteiger partial charge in [-0.1, -0.05) is 0 Å². The molecule has 0 aliphatic carbocycles. The molecule has 1 aromatic carbocycles. The third kappa shape index (κ3) is 2.71. The van der Waals surface area contributed by atoms with Crippen molar-refractivity contribution in [1.82, 2.24) is 4.98 Å². The third-order valence-corrected chi connectivity index (χ3v) is 2.53. The molecule has 5 N–H and O–H groups in total. The minimum atomic E-state index is -1.66. The van der Waals surface area contributed by atoms with Crippen LogP contribution in [0.2, 0.25) is 0 Å². The molecule has 0 aliphatic heterocycles. The molecule has 2 rings (SSSR count). The Morgan fingerprint density at radius 3 is 2.19 bits per heavy atom. The summed E-state index contributed by atoms with van der Waals surface area (Å²) in [5, 5.41) is 2.00. The van der Waals surface area contributed by atoms with E-state index in [1.807, 2.05) is 5.32 Å². The molecule has 0 atom stereocenters. The van der Waals surface area contributed by atoms with Crippen molar-refractivity contribution in [3.8, 4) is 0 Å². The quantitative estimate of drug-likeness (QED) is 0.597. The fraction of sp³-hybridized carbons (Fsp3) is 0. The molecule has 1 aromatic heterocycles. The van der Waals surface area contributed by atoms with Crippen LogP contribution in [0.5, 0.6) is 0 Å². The van der Waals surface area contributed by atoms with Crippen molar-refractivity contribution in [1.29, 1.82) is 0 Å². The van der Waals surface area contributed by atoms with Crippen LogP contribution in [0.25, 0.3) is 0 Å². The van der Waals surface area contributed by atoms with Gasteiger partial charge in [-0.3, -0.25) is 4.79 Å². The van der Waals surface area contributed by atoms with E-state index in [1.165, 1.54) is 0 Å². The molecule has 21 heavy (non-hydrogen) atoms. The van der Waals surface area contributed by atoms with E-state index < -0.39 is 34.9 Å². The second-order valence-electron chi connectivity index (χ2n) is 4.00. The number of nitrogens with one attached hydrogen (secondary N) is 1. The molecule has 0 radical (unpaired) electrons. The topological polar surface area (TPSA) is 94.0 Å². The van der Waals surface area contributed by atoms with Gasteiger partial charge in [0.1, 0.15) is 11.5 Å². The lowest BCUT2D eigenvalue weighted by Gasteiger charge is -2.12. The number of halogens is 4. The van der Waals surface area contributed by atoms with Gasteiger partial charge in [-0.2, -0.15) is 0 Å². The lowest BCUT2D eigenvalue weighted by molar-refractivity contribution is 0.100. The van der Waals surface area contributed by atoms with Crippen molar-refractivity contribution in [3.63, 3.8) is 0 Å². The summed E-state index contributed by atoms with van der Waals surface area (Å²) in [5.41, 5.74) is 9.11. The SMILES string of the molecule is NC(=O)c1cc(N)cnc1Nc1c(F)c(F)cc(F)c1F. The number of nitrogens with two attached hydrogens (primary N) is 2. The molecule has 5 nitrogen and oxygen atoms in total. The molecule has 1 heterocycles. The zero-order valence-corrected chi connectivity index (χ0v) is 10.3. The van der Waals surface area contributed by atoms with Crippen molar-refractivity contribution >= 4 is 23.1 Å². The number of benzene rings is 1. The Morgan fingerprint density at radius 2 is 1.67 bits per heavy atom. The van der Waals surface area contributed by atoms with E-state index in [1.54, 1.807) is 0 Å². The summed E-state index contributed by atoms with van der Waals surface area (Å²) >= 11 is 0. The fourth-order valence-electron chi connectivity index (χ4n) is 1.57. The third-order valence-electron chi connectivity index (χ3n) is 2.53. The Balaban J connectivity index is 2.56. The van der Waals surface area contributed by atoms with Gasteiger partial charge in [-0.15, -0.1) is 0 Å². The van der Waals surface area contributed by atoms with E-state index in [0.717, 1.165) is 12.3 Å². The zero-order chi connectivity index (χ0) is 15.7. The first-order chi connectivity index (χ1) is 9.81. The van der Waals surface area contributed by atoms with Crippen LogP contribution in [0.1, 0.15) is 10.4 Å². The maximum absolute atomic E-state index is 13.5. The highest BCUT2D eigenvalue weighted by molar-refractivity contribution is 5.99. The highest BCUT2D eigenvalue weighted by Gasteiger charge is 2.21. The Bertz CT molecular complexity index is 709. The maximum atomic E-state index is 13.5. The van der Waals surface area contributed by atoms with Gasteiger partial charge < -0.3 is 16.8 Å². The minimum absolute atomic E-state index is 0.0568. The lowest BCUT2D eigenvalue weighted by Crippen LogP contribution is -2.15. The molecule has 9 heteroatoms. The molecule has 0 saturated heterocycles. The van der Waals surface area contributed by atoms with Crippen LogP contribution in [0.15, 0.2) is 18.3 Å². The van der Waals surface area contributed by atoms with Crippen molar-refractivity contribution in [2.75, 3.05) is 11.1 Å². The number of anilines is 3. The number of amides is 1. The smallest absolute Gasteiger partial charge is 0.252 e. The Labute approximate surface area is 115 Å². The van der Waals surface area contributed by atoms with Crippen LogP contribution in [0, 0.1) is 23.3 Å². The van der Waals surface area contributed by atoms with Crippen LogP contribution in [0.4, 0.5) is 34.8 Å². The molecule has 2 aromatic rings. The van der Waals surface area contributed by atoms with E-state index >= 15 is 0 Å². The maximum Gasteiger partial charge on any atom is 0.252 e. The van der Waals surface area contributed by atoms with Gasteiger partial charge in [0.25, 0.3) is 5.91 Å². The molecule has 110 valence electrons. The minimum Gasteiger partial charge on any atom is -0.397 e. The van der Waals surface area contributed by atoms with Gasteiger partial charge in [0.2, 0.25) is 0 Å². The lowest BCUT2D eigenvalue weighted by atomic mass is 10.2. The first-order valence-electron chi connectivity index (χ1n) is 5.46. The number of pyridine rings is 1. The Morgan fingerprint density at radius 1 is 1.10 bits per heavy atom. The van der Waals surface area contributed by atoms with Crippen LogP contribution >= 0.6 is 0 Å². The summed E-state index contributed by atoms with van der Waals surface area (Å²) in [5.74, 6) is -7.92. The largest absolute Gasteiger partial charge is 0.397 e. The zero-order valence-electron chi connectivity index (χ0n) is 10.3. The normalized spacial score (nSPS) is 10.5. The van der Waals surface area contributed by atoms with Crippen molar-refractivity contribution in [3.05, 3.63) is 47.2 Å². The molecule has 0 aliphatic rings. The van der Waals surface area contributed by atoms with Gasteiger partial charge in [0, 0.05) is 6.07 Å². The monoisotopic (exact) mass is 300 g/mol. The van der Waals surface area contributed by atoms with Gasteiger partial charge in [0.05, 0.1) is 17.4 Å². The highest BCUT2D eigenvalue weighted by atomic mass is 19.2. The van der Waals surface area contributed by atoms with Gasteiger partial charge >= 0.3 is 0 Å². The fourth-order valence-corrected chi connectivity index (χ4v) is 1.57. The molecule has 0 saturated carbocycles. The average Bonchev–Trinajstić information content (AvgIpc) is 2.42. The number of aromatic nitrogens is 1. The second-order valence-corrected chi connectivity index (χ2v) is 4.00. The standard InChI is InChI=1S/C12H8F4N4O/c13-6-2-7(14)9(16)10(8(6)15)20-12-5(11(18)21)1-4(17)3-19-12/h1-3H,17H2,(H2,18,21)(H,19,20). The van der Waals surface area contributed by atoms with Crippen molar-refractivity contribution in [2.45, 2.75) is 0 Å². The predicted molar refractivity (Wildman–Crippen MR) is 66.7 cm³/mol. The summed E-state index contributed by atoms with van der Waals surface area (Å²) < 4.78 is 53.2. The number of primary amides is 1. The van der Waals surface area contributed by atoms with E-state index in [2.05, 4.69) is 4.98 Å². The van der Waals surface area contributed by atoms with Crippen LogP contribution in [-0.2, 0) is 0 Å². The van der Waals surface area contributed by atoms with Crippen LogP contribution < -0.4 is 16.8 Å². The molecular formula is C12H8F4N4O. The summed E-state index contributed by atoms with van der Waals surface area (Å²) in [7, 11) is 0. The number of carbonyl (C=O) groups excluding carboxylic acids is 1. The van der Waals surface area contributed by atoms with E-state index in [4.69, 9.17) is 11.5 Å². The first kappa shape index (κ1) is 14.6. The summed E-state index contributed by atoms with van der Waals surface area (Å²) in [4.78, 5) is 14.8. The van der Waals surface area contributed by atoms with E-state index in [9.17, 15) is 22.4 Å². The number of hydrogen-bond acceptors (Lipinski definition) is 4. The van der Waals surface area contributed by atoms with Gasteiger partial charge in [-0.05, 0) is 6.07 Å². The molecule has 0 bridgehead atoms. The Kier molecular flexibility index (Phi) is 3.66. The number of carbonyl (C=O) groups is 1. The van der Waals surface area contributed by atoms with E-state index in [0.29, 0.717) is 0 Å². The highest BCUT2D eigenvalue weighted by Crippen LogP contribution is 2.28. The van der Waals surface area contributed by atoms with Crippen molar-refractivity contribution < 1.29 is 22.4 Å². The number of nitrogen functional groups attached to an aromatic ring is 1. The molecule has 0 unspecified atom stereocenters. The van der Waals surface area contributed by atoms with Crippen molar-refractivity contribution in [2.24, 2.45) is 5.73 Å². The van der Waals surface area contributed by atoms with Crippen LogP contribution in [-0.4, -0.2) is 10.9 Å². The molecule has 0 fully saturated rings. The van der Waals surface area contributed by atoms with Crippen LogP contribution in [0.3, 0.4) is 0 Å².